The van der Waals surface area contributed by atoms with E-state index in [1.165, 1.54) is 0 Å². The standard InChI is InChI=1S/C19H22N10/c20-13-5-1-11(2-6-13)15-16(19-22-9-10-29(19)26-17(15)21)23-14-7-3-12(4-8-14)18-24-27-28-25-18/h3-4,7-11,13,23H,1-2,5-6,20H2,(H2,21,26)(H,24,25,27,28)/t11-,13-. The van der Waals surface area contributed by atoms with Crippen LogP contribution in [0.2, 0.25) is 0 Å². The van der Waals surface area contributed by atoms with E-state index in [0.717, 1.165) is 53.8 Å². The summed E-state index contributed by atoms with van der Waals surface area (Å²) < 4.78 is 1.71. The fourth-order valence-electron chi connectivity index (χ4n) is 4.06. The van der Waals surface area contributed by atoms with Gasteiger partial charge in [0, 0.05) is 35.2 Å². The van der Waals surface area contributed by atoms with E-state index in [4.69, 9.17) is 11.5 Å². The number of anilines is 3. The fourth-order valence-corrected chi connectivity index (χ4v) is 4.06. The molecular formula is C19H22N10. The highest BCUT2D eigenvalue weighted by molar-refractivity contribution is 5.81. The minimum absolute atomic E-state index is 0.269. The van der Waals surface area contributed by atoms with Crippen molar-refractivity contribution in [3.8, 4) is 11.4 Å². The highest BCUT2D eigenvalue weighted by atomic mass is 15.5. The molecule has 4 aromatic rings. The first kappa shape index (κ1) is 17.6. The lowest BCUT2D eigenvalue weighted by molar-refractivity contribution is 0.396. The molecule has 3 aromatic heterocycles. The largest absolute Gasteiger partial charge is 0.382 e. The van der Waals surface area contributed by atoms with Crippen molar-refractivity contribution in [2.45, 2.75) is 37.6 Å². The summed E-state index contributed by atoms with van der Waals surface area (Å²) in [7, 11) is 0. The Morgan fingerprint density at radius 2 is 1.90 bits per heavy atom. The smallest absolute Gasteiger partial charge is 0.179 e. The first-order chi connectivity index (χ1) is 14.2. The van der Waals surface area contributed by atoms with Crippen LogP contribution in [-0.2, 0) is 0 Å². The van der Waals surface area contributed by atoms with Crippen LogP contribution in [0.5, 0.6) is 0 Å². The summed E-state index contributed by atoms with van der Waals surface area (Å²) in [6, 6.07) is 8.14. The first-order valence-electron chi connectivity index (χ1n) is 9.68. The number of aromatic nitrogens is 7. The number of benzene rings is 1. The van der Waals surface area contributed by atoms with Gasteiger partial charge >= 0.3 is 0 Å². The molecule has 10 heteroatoms. The lowest BCUT2D eigenvalue weighted by Gasteiger charge is -2.28. The molecule has 29 heavy (non-hydrogen) atoms. The Bertz CT molecular complexity index is 1110. The number of nitrogens with one attached hydrogen (secondary N) is 2. The molecule has 0 saturated heterocycles. The summed E-state index contributed by atoms with van der Waals surface area (Å²) in [5.74, 6) is 1.47. The number of rotatable bonds is 4. The minimum atomic E-state index is 0.269. The maximum absolute atomic E-state index is 6.40. The second-order valence-corrected chi connectivity index (χ2v) is 7.43. The van der Waals surface area contributed by atoms with E-state index < -0.39 is 0 Å². The zero-order valence-electron chi connectivity index (χ0n) is 15.8. The van der Waals surface area contributed by atoms with Crippen LogP contribution in [0.3, 0.4) is 0 Å². The number of tetrazole rings is 1. The number of aromatic amines is 1. The zero-order valence-corrected chi connectivity index (χ0v) is 15.8. The highest BCUT2D eigenvalue weighted by Crippen LogP contribution is 2.41. The van der Waals surface area contributed by atoms with Gasteiger partial charge < -0.3 is 16.8 Å². The highest BCUT2D eigenvalue weighted by Gasteiger charge is 2.27. The van der Waals surface area contributed by atoms with Gasteiger partial charge in [0.05, 0.1) is 5.69 Å². The third-order valence-electron chi connectivity index (χ3n) is 5.56. The van der Waals surface area contributed by atoms with Gasteiger partial charge in [-0.15, -0.1) is 10.2 Å². The van der Waals surface area contributed by atoms with Gasteiger partial charge in [0.1, 0.15) is 5.82 Å². The van der Waals surface area contributed by atoms with Crippen LogP contribution in [0.25, 0.3) is 17.0 Å². The van der Waals surface area contributed by atoms with Crippen molar-refractivity contribution in [2.24, 2.45) is 5.73 Å². The lowest BCUT2D eigenvalue weighted by Crippen LogP contribution is -2.26. The fraction of sp³-hybridized carbons (Fsp3) is 0.316. The molecule has 1 aromatic carbocycles. The predicted octanol–water partition coefficient (Wildman–Crippen LogP) is 2.22. The molecule has 0 unspecified atom stereocenters. The molecule has 0 atom stereocenters. The van der Waals surface area contributed by atoms with Crippen molar-refractivity contribution < 1.29 is 0 Å². The molecular weight excluding hydrogens is 368 g/mol. The first-order valence-corrected chi connectivity index (χ1v) is 9.68. The van der Waals surface area contributed by atoms with Crippen molar-refractivity contribution in [3.05, 3.63) is 42.2 Å². The molecule has 0 spiro atoms. The van der Waals surface area contributed by atoms with E-state index in [1.54, 1.807) is 16.9 Å². The normalized spacial score (nSPS) is 19.5. The Kier molecular flexibility index (Phi) is 4.32. The molecule has 1 aliphatic carbocycles. The zero-order chi connectivity index (χ0) is 19.8. The number of hydrogen-bond acceptors (Lipinski definition) is 8. The van der Waals surface area contributed by atoms with Crippen molar-refractivity contribution in [1.82, 2.24) is 35.2 Å². The molecule has 1 saturated carbocycles. The number of nitrogens with two attached hydrogens (primary N) is 2. The van der Waals surface area contributed by atoms with E-state index >= 15 is 0 Å². The second kappa shape index (κ2) is 7.13. The molecule has 148 valence electrons. The van der Waals surface area contributed by atoms with Crippen LogP contribution in [0.4, 0.5) is 17.2 Å². The molecule has 0 amide bonds. The second-order valence-electron chi connectivity index (χ2n) is 7.43. The van der Waals surface area contributed by atoms with Crippen LogP contribution < -0.4 is 16.8 Å². The summed E-state index contributed by atoms with van der Waals surface area (Å²) in [4.78, 5) is 4.51. The molecule has 6 N–H and O–H groups in total. The Morgan fingerprint density at radius 1 is 1.10 bits per heavy atom. The molecule has 1 fully saturated rings. The van der Waals surface area contributed by atoms with Crippen molar-refractivity contribution >= 4 is 22.8 Å². The molecule has 10 nitrogen and oxygen atoms in total. The Balaban J connectivity index is 1.53. The molecule has 0 aliphatic heterocycles. The van der Waals surface area contributed by atoms with Crippen molar-refractivity contribution in [2.75, 3.05) is 11.1 Å². The van der Waals surface area contributed by atoms with Crippen LogP contribution >= 0.6 is 0 Å². The van der Waals surface area contributed by atoms with Gasteiger partial charge in [0.25, 0.3) is 0 Å². The van der Waals surface area contributed by atoms with Gasteiger partial charge in [0.15, 0.2) is 11.5 Å². The number of hydrogen-bond donors (Lipinski definition) is 4. The summed E-state index contributed by atoms with van der Waals surface area (Å²) in [6.07, 6.45) is 7.50. The Labute approximate surface area is 166 Å². The lowest BCUT2D eigenvalue weighted by atomic mass is 9.81. The van der Waals surface area contributed by atoms with E-state index in [9.17, 15) is 0 Å². The number of nitrogen functional groups attached to an aromatic ring is 1. The molecule has 0 radical (unpaired) electrons. The number of fused-ring (bicyclic) bond motifs is 1. The van der Waals surface area contributed by atoms with Gasteiger partial charge in [-0.2, -0.15) is 0 Å². The van der Waals surface area contributed by atoms with Crippen molar-refractivity contribution in [1.29, 1.82) is 0 Å². The summed E-state index contributed by atoms with van der Waals surface area (Å²) in [6.45, 7) is 0. The monoisotopic (exact) mass is 390 g/mol. The van der Waals surface area contributed by atoms with E-state index in [1.807, 2.05) is 24.3 Å². The topological polar surface area (TPSA) is 149 Å². The van der Waals surface area contributed by atoms with Crippen LogP contribution in [-0.4, -0.2) is 41.3 Å². The maximum atomic E-state index is 6.40. The number of imidazole rings is 1. The quantitative estimate of drug-likeness (QED) is 0.414. The van der Waals surface area contributed by atoms with Gasteiger partial charge in [0.2, 0.25) is 0 Å². The Morgan fingerprint density at radius 3 is 2.62 bits per heavy atom. The molecule has 3 heterocycles. The minimum Gasteiger partial charge on any atom is -0.382 e. The van der Waals surface area contributed by atoms with E-state index in [0.29, 0.717) is 17.6 Å². The molecule has 1 aliphatic rings. The average molecular weight is 390 g/mol. The van der Waals surface area contributed by atoms with Gasteiger partial charge in [-0.1, -0.05) is 0 Å². The number of nitrogens with zero attached hydrogens (tertiary/aromatic N) is 6. The third kappa shape index (κ3) is 3.27. The Hall–Kier alpha value is -3.53. The maximum Gasteiger partial charge on any atom is 0.179 e. The predicted molar refractivity (Wildman–Crippen MR) is 109 cm³/mol. The van der Waals surface area contributed by atoms with Crippen LogP contribution in [0.1, 0.15) is 37.2 Å². The van der Waals surface area contributed by atoms with E-state index in [2.05, 4.69) is 36.0 Å². The van der Waals surface area contributed by atoms with Gasteiger partial charge in [-0.05, 0) is 66.3 Å². The van der Waals surface area contributed by atoms with Crippen LogP contribution in [0, 0.1) is 0 Å². The third-order valence-corrected chi connectivity index (χ3v) is 5.56. The van der Waals surface area contributed by atoms with E-state index in [-0.39, 0.29) is 6.04 Å². The van der Waals surface area contributed by atoms with Crippen LogP contribution in [0.15, 0.2) is 36.7 Å². The summed E-state index contributed by atoms with van der Waals surface area (Å²) in [5, 5.41) is 22.0. The number of H-pyrrole nitrogens is 1. The van der Waals surface area contributed by atoms with Gasteiger partial charge in [-0.3, -0.25) is 0 Å². The molecule has 5 rings (SSSR count). The van der Waals surface area contributed by atoms with Gasteiger partial charge in [-0.25, -0.2) is 14.6 Å². The summed E-state index contributed by atoms with van der Waals surface area (Å²) in [5.41, 5.74) is 17.0. The SMILES string of the molecule is Nc1nn2ccnc2c(Nc2ccc(-c3nnn[nH]3)cc2)c1[C@H]1CC[C@H](N)CC1. The van der Waals surface area contributed by atoms with Crippen molar-refractivity contribution in [3.63, 3.8) is 0 Å². The summed E-state index contributed by atoms with van der Waals surface area (Å²) >= 11 is 0. The molecule has 0 bridgehead atoms. The average Bonchev–Trinajstić information content (AvgIpc) is 3.42.